The van der Waals surface area contributed by atoms with Gasteiger partial charge < -0.3 is 10.5 Å². The highest BCUT2D eigenvalue weighted by Gasteiger charge is 2.30. The average molecular weight is 537 g/mol. The molecule has 1 aliphatic rings. The molecule has 0 aliphatic heterocycles. The molecule has 0 radical (unpaired) electrons. The molecule has 1 fully saturated rings. The fourth-order valence-corrected chi connectivity index (χ4v) is 4.61. The Hall–Kier alpha value is -4.14. The Morgan fingerprint density at radius 2 is 2.00 bits per heavy atom. The molecule has 2 aromatic heterocycles. The lowest BCUT2D eigenvalue weighted by Crippen LogP contribution is -2.08. The van der Waals surface area contributed by atoms with Crippen LogP contribution in [0.15, 0.2) is 85.1 Å². The number of pyridine rings is 1. The molecule has 2 heterocycles. The topological polar surface area (TPSA) is 83.0 Å². The normalized spacial score (nSPS) is 15.3. The summed E-state index contributed by atoms with van der Waals surface area (Å²) < 4.78 is 47.0. The Morgan fingerprint density at radius 1 is 1.21 bits per heavy atom. The lowest BCUT2D eigenvalue weighted by Gasteiger charge is -2.13. The number of benzene rings is 1. The van der Waals surface area contributed by atoms with Gasteiger partial charge in [-0.1, -0.05) is 37.1 Å². The van der Waals surface area contributed by atoms with Crippen molar-refractivity contribution in [2.45, 2.75) is 45.2 Å². The van der Waals surface area contributed by atoms with Crippen LogP contribution in [0, 0.1) is 5.92 Å². The average Bonchev–Trinajstić information content (AvgIpc) is 3.62. The first-order valence-electron chi connectivity index (χ1n) is 12.8. The van der Waals surface area contributed by atoms with Crippen molar-refractivity contribution in [1.82, 2.24) is 14.8 Å². The number of halogens is 3. The summed E-state index contributed by atoms with van der Waals surface area (Å²) in [5.74, 6) is 0.892. The van der Waals surface area contributed by atoms with Crippen LogP contribution in [-0.4, -0.2) is 27.2 Å². The van der Waals surface area contributed by atoms with E-state index in [4.69, 9.17) is 10.5 Å². The van der Waals surface area contributed by atoms with Gasteiger partial charge in [0.2, 0.25) is 0 Å². The molecule has 0 saturated heterocycles. The van der Waals surface area contributed by atoms with Crippen molar-refractivity contribution in [2.75, 3.05) is 6.61 Å². The minimum Gasteiger partial charge on any atom is -0.493 e. The lowest BCUT2D eigenvalue weighted by atomic mass is 10.0. The van der Waals surface area contributed by atoms with Gasteiger partial charge in [-0.3, -0.25) is 9.78 Å². The maximum Gasteiger partial charge on any atom is 0.416 e. The Balaban J connectivity index is 1.60. The molecular weight excluding hydrogens is 505 g/mol. The van der Waals surface area contributed by atoms with Gasteiger partial charge in [0.05, 0.1) is 24.1 Å². The van der Waals surface area contributed by atoms with Crippen molar-refractivity contribution in [3.63, 3.8) is 0 Å². The highest BCUT2D eigenvalue weighted by Crippen LogP contribution is 2.32. The molecular formula is C30H31F3N4O2. The van der Waals surface area contributed by atoms with Gasteiger partial charge in [-0.25, -0.2) is 4.68 Å². The molecule has 2 N–H and O–H groups in total. The van der Waals surface area contributed by atoms with E-state index in [1.807, 2.05) is 6.07 Å². The van der Waals surface area contributed by atoms with Crippen LogP contribution in [-0.2, 0) is 17.4 Å². The summed E-state index contributed by atoms with van der Waals surface area (Å²) in [4.78, 5) is 17.2. The second-order valence-corrected chi connectivity index (χ2v) is 9.61. The molecule has 1 aromatic carbocycles. The van der Waals surface area contributed by atoms with Crippen LogP contribution in [0.25, 0.3) is 16.8 Å². The fourth-order valence-electron chi connectivity index (χ4n) is 4.61. The van der Waals surface area contributed by atoms with Gasteiger partial charge in [-0.2, -0.15) is 18.3 Å². The maximum absolute atomic E-state index is 13.1. The third-order valence-electron chi connectivity index (χ3n) is 6.66. The first-order valence-corrected chi connectivity index (χ1v) is 12.8. The molecule has 0 amide bonds. The second kappa shape index (κ2) is 12.6. The molecule has 1 saturated carbocycles. The van der Waals surface area contributed by atoms with Gasteiger partial charge in [-0.05, 0) is 61.2 Å². The second-order valence-electron chi connectivity index (χ2n) is 9.61. The predicted octanol–water partition coefficient (Wildman–Crippen LogP) is 6.60. The molecule has 3 aromatic rings. The van der Waals surface area contributed by atoms with Crippen molar-refractivity contribution in [3.8, 4) is 16.9 Å². The Labute approximate surface area is 225 Å². The van der Waals surface area contributed by atoms with Crippen molar-refractivity contribution >= 4 is 11.5 Å². The summed E-state index contributed by atoms with van der Waals surface area (Å²) >= 11 is 0. The van der Waals surface area contributed by atoms with Crippen molar-refractivity contribution in [3.05, 3.63) is 96.2 Å². The third-order valence-corrected chi connectivity index (χ3v) is 6.66. The summed E-state index contributed by atoms with van der Waals surface area (Å²) in [6.45, 7) is 2.44. The number of ether oxygens (including phenoxy) is 1. The van der Waals surface area contributed by atoms with Crippen LogP contribution in [0.1, 0.15) is 43.7 Å². The molecule has 4 rings (SSSR count). The van der Waals surface area contributed by atoms with Crippen LogP contribution >= 0.6 is 0 Å². The number of hydrogen-bond donors (Lipinski definition) is 1. The van der Waals surface area contributed by atoms with E-state index in [2.05, 4.69) is 10.1 Å². The number of nitrogens with zero attached hydrogens (tertiary/aromatic N) is 3. The number of carbonyl (C=O) groups is 1. The van der Waals surface area contributed by atoms with E-state index in [9.17, 15) is 18.0 Å². The number of carbonyl (C=O) groups excluding carboxylic acids is 1. The number of rotatable bonds is 10. The number of alkyl halides is 3. The molecule has 6 nitrogen and oxygen atoms in total. The molecule has 204 valence electrons. The third kappa shape index (κ3) is 7.46. The number of allylic oxidation sites excluding steroid dienone is 5. The predicted molar refractivity (Wildman–Crippen MR) is 144 cm³/mol. The van der Waals surface area contributed by atoms with E-state index in [1.165, 1.54) is 50.1 Å². The standard InChI is InChI=1S/C30H31F3N4O2/c1-21(6-5-12-34)28(16-26(38)15-23-9-4-10-25(14-23)30(31,32)33)37-19-24(17-36-37)27-18-35-13-11-29(27)39-20-22-7-2-3-8-22/h4-6,9-14,16-19,22H,2-3,7-8,15,20,34H2,1H3/b12-5+,21-6-,28-16+. The van der Waals surface area contributed by atoms with Gasteiger partial charge in [0, 0.05) is 42.2 Å². The van der Waals surface area contributed by atoms with Crippen LogP contribution in [0.2, 0.25) is 0 Å². The highest BCUT2D eigenvalue weighted by molar-refractivity contribution is 5.97. The van der Waals surface area contributed by atoms with Crippen molar-refractivity contribution in [1.29, 1.82) is 0 Å². The SMILES string of the molecule is CC(=C/C=C/N)/C(=C\C(=O)Cc1cccc(C(F)(F)F)c1)n1cc(-c2cnccc2OCC2CCCC2)cn1. The zero-order valence-electron chi connectivity index (χ0n) is 21.7. The van der Waals surface area contributed by atoms with E-state index in [0.717, 1.165) is 23.3 Å². The Bertz CT molecular complexity index is 1380. The first kappa shape index (κ1) is 27.9. The zero-order chi connectivity index (χ0) is 27.8. The van der Waals surface area contributed by atoms with Gasteiger partial charge in [0.15, 0.2) is 5.78 Å². The van der Waals surface area contributed by atoms with Crippen LogP contribution in [0.5, 0.6) is 5.75 Å². The Kier molecular flexibility index (Phi) is 9.01. The summed E-state index contributed by atoms with van der Waals surface area (Å²) in [5, 5.41) is 4.48. The smallest absolute Gasteiger partial charge is 0.416 e. The largest absolute Gasteiger partial charge is 0.493 e. The van der Waals surface area contributed by atoms with E-state index >= 15 is 0 Å². The highest BCUT2D eigenvalue weighted by atomic mass is 19.4. The minimum absolute atomic E-state index is 0.191. The Morgan fingerprint density at radius 3 is 2.74 bits per heavy atom. The van der Waals surface area contributed by atoms with Gasteiger partial charge in [-0.15, -0.1) is 0 Å². The van der Waals surface area contributed by atoms with Crippen molar-refractivity contribution in [2.24, 2.45) is 11.7 Å². The van der Waals surface area contributed by atoms with E-state index in [1.54, 1.807) is 48.5 Å². The number of aromatic nitrogens is 3. The fraction of sp³-hybridized carbons (Fsp3) is 0.300. The zero-order valence-corrected chi connectivity index (χ0v) is 21.7. The van der Waals surface area contributed by atoms with E-state index in [-0.39, 0.29) is 17.8 Å². The molecule has 0 unspecified atom stereocenters. The summed E-state index contributed by atoms with van der Waals surface area (Å²) in [6.07, 6.45) is 13.1. The summed E-state index contributed by atoms with van der Waals surface area (Å²) in [7, 11) is 0. The number of hydrogen-bond acceptors (Lipinski definition) is 5. The number of ketones is 1. The first-order chi connectivity index (χ1) is 18.7. The summed E-state index contributed by atoms with van der Waals surface area (Å²) in [6, 6.07) is 6.60. The molecule has 39 heavy (non-hydrogen) atoms. The minimum atomic E-state index is -4.48. The molecule has 0 bridgehead atoms. The number of nitrogens with two attached hydrogens (primary N) is 1. The summed E-state index contributed by atoms with van der Waals surface area (Å²) in [5.41, 5.74) is 7.66. The lowest BCUT2D eigenvalue weighted by molar-refractivity contribution is -0.137. The van der Waals surface area contributed by atoms with Crippen LogP contribution < -0.4 is 10.5 Å². The van der Waals surface area contributed by atoms with Crippen LogP contribution in [0.4, 0.5) is 13.2 Å². The quantitative estimate of drug-likeness (QED) is 0.233. The molecule has 0 spiro atoms. The molecule has 9 heteroatoms. The van der Waals surface area contributed by atoms with Gasteiger partial charge >= 0.3 is 6.18 Å². The molecule has 1 aliphatic carbocycles. The molecule has 0 atom stereocenters. The van der Waals surface area contributed by atoms with Gasteiger partial charge in [0.1, 0.15) is 5.75 Å². The van der Waals surface area contributed by atoms with E-state index in [0.29, 0.717) is 29.5 Å². The van der Waals surface area contributed by atoms with Crippen molar-refractivity contribution < 1.29 is 22.7 Å². The van der Waals surface area contributed by atoms with Crippen LogP contribution in [0.3, 0.4) is 0 Å². The maximum atomic E-state index is 13.1. The van der Waals surface area contributed by atoms with Gasteiger partial charge in [0.25, 0.3) is 0 Å². The van der Waals surface area contributed by atoms with E-state index < -0.39 is 11.7 Å². The monoisotopic (exact) mass is 536 g/mol.